The van der Waals surface area contributed by atoms with Crippen LogP contribution < -0.4 is 4.90 Å². The van der Waals surface area contributed by atoms with Crippen molar-refractivity contribution < 1.29 is 4.42 Å². The van der Waals surface area contributed by atoms with Gasteiger partial charge in [-0.2, -0.15) is 0 Å². The zero-order chi connectivity index (χ0) is 33.0. The van der Waals surface area contributed by atoms with Gasteiger partial charge in [0, 0.05) is 27.5 Å². The predicted molar refractivity (Wildman–Crippen MR) is 212 cm³/mol. The average molecular weight is 638 g/mol. The monoisotopic (exact) mass is 637 g/mol. The highest BCUT2D eigenvalue weighted by Gasteiger charge is 2.20. The molecule has 0 spiro atoms. The largest absolute Gasteiger partial charge is 0.453 e. The molecule has 0 saturated heterocycles. The maximum Gasteiger partial charge on any atom is 0.159 e. The number of furan rings is 1. The van der Waals surface area contributed by atoms with Gasteiger partial charge < -0.3 is 9.32 Å². The summed E-state index contributed by atoms with van der Waals surface area (Å²) in [5.41, 5.74) is 9.74. The van der Waals surface area contributed by atoms with Crippen molar-refractivity contribution >= 4 is 71.3 Å². The summed E-state index contributed by atoms with van der Waals surface area (Å²) in [4.78, 5) is 2.33. The van der Waals surface area contributed by atoms with Crippen molar-refractivity contribution in [1.29, 1.82) is 0 Å². The zero-order valence-corrected chi connectivity index (χ0v) is 27.3. The van der Waals surface area contributed by atoms with Crippen LogP contribution in [0.15, 0.2) is 192 Å². The summed E-state index contributed by atoms with van der Waals surface area (Å²) in [5, 5.41) is 9.51. The molecule has 0 aliphatic rings. The lowest BCUT2D eigenvalue weighted by molar-refractivity contribution is 0.673. The molecule has 234 valence electrons. The minimum atomic E-state index is 0.870. The van der Waals surface area contributed by atoms with Crippen molar-refractivity contribution in [2.24, 2.45) is 0 Å². The lowest BCUT2D eigenvalue weighted by atomic mass is 9.97. The van der Waals surface area contributed by atoms with Gasteiger partial charge in [0.25, 0.3) is 0 Å². The molecule has 0 fully saturated rings. The summed E-state index contributed by atoms with van der Waals surface area (Å²) in [6.07, 6.45) is 0. The lowest BCUT2D eigenvalue weighted by Crippen LogP contribution is -2.10. The van der Waals surface area contributed by atoms with Gasteiger partial charge in [0.05, 0.1) is 5.69 Å². The van der Waals surface area contributed by atoms with Gasteiger partial charge in [-0.1, -0.05) is 152 Å². The Morgan fingerprint density at radius 1 is 0.300 bits per heavy atom. The molecule has 9 aromatic carbocycles. The maximum absolute atomic E-state index is 6.86. The molecule has 0 aliphatic carbocycles. The van der Waals surface area contributed by atoms with Gasteiger partial charge >= 0.3 is 0 Å². The standard InChI is InChI=1S/C48H31NO/c1-4-15-39-32(10-1)13-7-18-41(39)35-22-27-37(28-23-35)49(38-29-24-36(25-30-38)42-19-8-14-33-11-2-5-16-40(33)42)46-21-9-20-44-45-31-26-34-12-3-6-17-43(34)47(45)50-48(44)46/h1-31H. The van der Waals surface area contributed by atoms with E-state index in [0.29, 0.717) is 0 Å². The third-order valence-electron chi connectivity index (χ3n) is 10.1. The minimum Gasteiger partial charge on any atom is -0.453 e. The summed E-state index contributed by atoms with van der Waals surface area (Å²) in [6, 6.07) is 67.4. The number of nitrogens with zero attached hydrogens (tertiary/aromatic N) is 1. The molecule has 0 atom stereocenters. The van der Waals surface area contributed by atoms with Crippen LogP contribution in [-0.4, -0.2) is 0 Å². The quantitative estimate of drug-likeness (QED) is 0.187. The number of anilines is 3. The molecule has 0 amide bonds. The van der Waals surface area contributed by atoms with Crippen molar-refractivity contribution in [3.63, 3.8) is 0 Å². The molecule has 0 radical (unpaired) electrons. The Kier molecular flexibility index (Phi) is 6.53. The van der Waals surface area contributed by atoms with Crippen LogP contribution in [0.3, 0.4) is 0 Å². The Bertz CT molecular complexity index is 2730. The number of rotatable bonds is 5. The van der Waals surface area contributed by atoms with E-state index in [1.54, 1.807) is 0 Å². The van der Waals surface area contributed by atoms with E-state index in [1.165, 1.54) is 49.2 Å². The number of hydrogen-bond acceptors (Lipinski definition) is 2. The van der Waals surface area contributed by atoms with Crippen LogP contribution in [0.2, 0.25) is 0 Å². The molecule has 10 aromatic rings. The van der Waals surface area contributed by atoms with Gasteiger partial charge in [-0.15, -0.1) is 0 Å². The SMILES string of the molecule is c1ccc2c(-c3ccc(N(c4ccc(-c5cccc6ccccc56)cc4)c4cccc5c4oc4c6ccccc6ccc54)cc3)cccc2c1. The van der Waals surface area contributed by atoms with Gasteiger partial charge in [-0.25, -0.2) is 0 Å². The fourth-order valence-electron chi connectivity index (χ4n) is 7.65. The molecule has 1 heterocycles. The molecular weight excluding hydrogens is 607 g/mol. The fraction of sp³-hybridized carbons (Fsp3) is 0. The van der Waals surface area contributed by atoms with Gasteiger partial charge in [-0.05, 0) is 85.6 Å². The van der Waals surface area contributed by atoms with Crippen LogP contribution in [0.4, 0.5) is 17.1 Å². The van der Waals surface area contributed by atoms with Crippen molar-refractivity contribution in [2.45, 2.75) is 0 Å². The van der Waals surface area contributed by atoms with Crippen LogP contribution in [0.5, 0.6) is 0 Å². The smallest absolute Gasteiger partial charge is 0.159 e. The van der Waals surface area contributed by atoms with E-state index < -0.39 is 0 Å². The average Bonchev–Trinajstić information content (AvgIpc) is 3.58. The molecule has 1 aromatic heterocycles. The lowest BCUT2D eigenvalue weighted by Gasteiger charge is -2.26. The molecular formula is C48H31NO. The summed E-state index contributed by atoms with van der Waals surface area (Å²) in [7, 11) is 0. The van der Waals surface area contributed by atoms with Crippen LogP contribution in [0.1, 0.15) is 0 Å². The summed E-state index contributed by atoms with van der Waals surface area (Å²) >= 11 is 0. The van der Waals surface area contributed by atoms with E-state index >= 15 is 0 Å². The van der Waals surface area contributed by atoms with Crippen molar-refractivity contribution in [3.05, 3.63) is 188 Å². The van der Waals surface area contributed by atoms with Crippen LogP contribution in [0.25, 0.3) is 76.5 Å². The Balaban J connectivity index is 1.15. The van der Waals surface area contributed by atoms with Crippen molar-refractivity contribution in [2.75, 3.05) is 4.90 Å². The summed E-state index contributed by atoms with van der Waals surface area (Å²) < 4.78 is 6.86. The van der Waals surface area contributed by atoms with Crippen LogP contribution in [0, 0.1) is 0 Å². The highest BCUT2D eigenvalue weighted by Crippen LogP contribution is 2.44. The number of hydrogen-bond donors (Lipinski definition) is 0. The van der Waals surface area contributed by atoms with E-state index in [0.717, 1.165) is 44.4 Å². The summed E-state index contributed by atoms with van der Waals surface area (Å²) in [5.74, 6) is 0. The molecule has 0 N–H and O–H groups in total. The molecule has 10 rings (SSSR count). The molecule has 2 heteroatoms. The molecule has 0 aliphatic heterocycles. The normalized spacial score (nSPS) is 11.6. The first-order chi connectivity index (χ1) is 24.8. The number of benzene rings is 9. The molecule has 0 unspecified atom stereocenters. The number of para-hydroxylation sites is 1. The third kappa shape index (κ3) is 4.57. The van der Waals surface area contributed by atoms with E-state index in [2.05, 4.69) is 193 Å². The zero-order valence-electron chi connectivity index (χ0n) is 27.3. The Labute approximate surface area is 290 Å². The second-order valence-electron chi connectivity index (χ2n) is 12.9. The Hall–Kier alpha value is -6.64. The first kappa shape index (κ1) is 28.4. The maximum atomic E-state index is 6.86. The second-order valence-corrected chi connectivity index (χ2v) is 12.9. The van der Waals surface area contributed by atoms with Crippen LogP contribution >= 0.6 is 0 Å². The predicted octanol–water partition coefficient (Wildman–Crippen LogP) is 13.8. The van der Waals surface area contributed by atoms with E-state index in [-0.39, 0.29) is 0 Å². The Morgan fingerprint density at radius 3 is 1.32 bits per heavy atom. The van der Waals surface area contributed by atoms with E-state index in [4.69, 9.17) is 4.42 Å². The summed E-state index contributed by atoms with van der Waals surface area (Å²) in [6.45, 7) is 0. The molecule has 50 heavy (non-hydrogen) atoms. The first-order valence-electron chi connectivity index (χ1n) is 17.1. The van der Waals surface area contributed by atoms with Crippen molar-refractivity contribution in [3.8, 4) is 22.3 Å². The highest BCUT2D eigenvalue weighted by atomic mass is 16.3. The van der Waals surface area contributed by atoms with E-state index in [9.17, 15) is 0 Å². The molecule has 0 saturated carbocycles. The molecule has 2 nitrogen and oxygen atoms in total. The van der Waals surface area contributed by atoms with Gasteiger partial charge in [0.15, 0.2) is 5.58 Å². The highest BCUT2D eigenvalue weighted by molar-refractivity contribution is 6.17. The van der Waals surface area contributed by atoms with E-state index in [1.807, 2.05) is 0 Å². The van der Waals surface area contributed by atoms with Gasteiger partial charge in [-0.3, -0.25) is 0 Å². The Morgan fingerprint density at radius 2 is 0.740 bits per heavy atom. The topological polar surface area (TPSA) is 16.4 Å². The second kappa shape index (κ2) is 11.5. The fourth-order valence-corrected chi connectivity index (χ4v) is 7.65. The molecule has 0 bridgehead atoms. The van der Waals surface area contributed by atoms with Gasteiger partial charge in [0.1, 0.15) is 5.58 Å². The number of fused-ring (bicyclic) bond motifs is 7. The third-order valence-corrected chi connectivity index (χ3v) is 10.1. The van der Waals surface area contributed by atoms with Crippen LogP contribution in [-0.2, 0) is 0 Å². The first-order valence-corrected chi connectivity index (χ1v) is 17.1. The van der Waals surface area contributed by atoms with Crippen molar-refractivity contribution in [1.82, 2.24) is 0 Å². The van der Waals surface area contributed by atoms with Gasteiger partial charge in [0.2, 0.25) is 0 Å². The minimum absolute atomic E-state index is 0.870.